The summed E-state index contributed by atoms with van der Waals surface area (Å²) in [5, 5.41) is 26.6. The van der Waals surface area contributed by atoms with Crippen molar-refractivity contribution in [2.75, 3.05) is 19.8 Å². The van der Waals surface area contributed by atoms with Gasteiger partial charge in [0.25, 0.3) is 0 Å². The van der Waals surface area contributed by atoms with Gasteiger partial charge in [0.1, 0.15) is 17.2 Å². The van der Waals surface area contributed by atoms with E-state index in [2.05, 4.69) is 20.8 Å². The number of hydrogen-bond acceptors (Lipinski definition) is 7. The van der Waals surface area contributed by atoms with E-state index in [-0.39, 0.29) is 17.3 Å². The van der Waals surface area contributed by atoms with Gasteiger partial charge in [-0.15, -0.1) is 0 Å². The number of hydrogen-bond donors (Lipinski definition) is 3. The number of carboxylic acid groups (broad SMARTS) is 2. The van der Waals surface area contributed by atoms with Gasteiger partial charge in [0.2, 0.25) is 0 Å². The Bertz CT molecular complexity index is 1360. The topological polar surface area (TPSA) is 140 Å². The van der Waals surface area contributed by atoms with Crippen molar-refractivity contribution in [3.63, 3.8) is 0 Å². The van der Waals surface area contributed by atoms with E-state index in [9.17, 15) is 14.4 Å². The van der Waals surface area contributed by atoms with E-state index in [1.54, 1.807) is 38.1 Å². The molecule has 0 saturated carbocycles. The molecule has 0 spiro atoms. The Morgan fingerprint density at radius 2 is 0.978 bits per heavy atom. The van der Waals surface area contributed by atoms with Crippen LogP contribution >= 0.6 is 0 Å². The van der Waals surface area contributed by atoms with Gasteiger partial charge in [0, 0.05) is 16.7 Å². The fourth-order valence-corrected chi connectivity index (χ4v) is 3.89. The molecule has 0 saturated heterocycles. The van der Waals surface area contributed by atoms with E-state index in [1.165, 1.54) is 18.2 Å². The third kappa shape index (κ3) is 13.3. The molecule has 0 unspecified atom stereocenters. The summed E-state index contributed by atoms with van der Waals surface area (Å²) in [6, 6.07) is 15.0. The lowest BCUT2D eigenvalue weighted by Gasteiger charge is -2.12. The number of aromatic hydroxyl groups is 1. The summed E-state index contributed by atoms with van der Waals surface area (Å²) in [6.45, 7) is 13.3. The minimum absolute atomic E-state index is 0.0184. The molecule has 3 aromatic rings. The number of esters is 1. The third-order valence-corrected chi connectivity index (χ3v) is 6.80. The van der Waals surface area contributed by atoms with Crippen molar-refractivity contribution in [1.29, 1.82) is 0 Å². The zero-order valence-corrected chi connectivity index (χ0v) is 27.4. The molecule has 45 heavy (non-hydrogen) atoms. The lowest BCUT2D eigenvalue weighted by molar-refractivity contribution is 0.0497. The van der Waals surface area contributed by atoms with Crippen molar-refractivity contribution < 1.29 is 43.9 Å². The average Bonchev–Trinajstić information content (AvgIpc) is 3.01. The Morgan fingerprint density at radius 1 is 0.578 bits per heavy atom. The summed E-state index contributed by atoms with van der Waals surface area (Å²) < 4.78 is 16.4. The lowest BCUT2D eigenvalue weighted by Crippen LogP contribution is -2.09. The number of benzene rings is 3. The zero-order valence-electron chi connectivity index (χ0n) is 27.4. The molecule has 0 aromatic heterocycles. The Morgan fingerprint density at radius 3 is 1.42 bits per heavy atom. The van der Waals surface area contributed by atoms with Crippen LogP contribution in [0.3, 0.4) is 0 Å². The molecule has 0 amide bonds. The van der Waals surface area contributed by atoms with E-state index < -0.39 is 11.9 Å². The van der Waals surface area contributed by atoms with Gasteiger partial charge < -0.3 is 29.5 Å². The molecule has 3 aromatic carbocycles. The molecular weight excluding hydrogens is 576 g/mol. The molecule has 0 aliphatic rings. The molecule has 0 heterocycles. The Kier molecular flexibility index (Phi) is 18.2. The summed E-state index contributed by atoms with van der Waals surface area (Å²) in [5.41, 5.74) is 3.01. The molecule has 0 radical (unpaired) electrons. The van der Waals surface area contributed by atoms with Crippen LogP contribution in [-0.2, 0) is 4.74 Å². The van der Waals surface area contributed by atoms with E-state index >= 15 is 0 Å². The number of ether oxygens (including phenoxy) is 3. The van der Waals surface area contributed by atoms with Gasteiger partial charge in [0.05, 0.1) is 36.5 Å². The number of carbonyl (C=O) groups is 3. The predicted molar refractivity (Wildman–Crippen MR) is 175 cm³/mol. The second kappa shape index (κ2) is 21.2. The summed E-state index contributed by atoms with van der Waals surface area (Å²) in [7, 11) is 0. The van der Waals surface area contributed by atoms with Crippen LogP contribution in [0.25, 0.3) is 0 Å². The first kappa shape index (κ1) is 38.5. The molecule has 9 nitrogen and oxygen atoms in total. The van der Waals surface area contributed by atoms with Gasteiger partial charge in [-0.3, -0.25) is 0 Å². The summed E-state index contributed by atoms with van der Waals surface area (Å²) in [5.74, 6) is -0.717. The van der Waals surface area contributed by atoms with E-state index in [0.29, 0.717) is 47.8 Å². The second-order valence-corrected chi connectivity index (χ2v) is 10.3. The SMILES string of the molecule is CCCCOC(=O)c1cccc(OCCCC)c1C.CCCCOc1cccc(C(=O)O)c1C.Cc1c(O)cccc1C(=O)O. The molecular formula is C36H48O9. The highest BCUT2D eigenvalue weighted by atomic mass is 16.5. The first-order chi connectivity index (χ1) is 21.5. The summed E-state index contributed by atoms with van der Waals surface area (Å²) in [4.78, 5) is 33.3. The number of unbranched alkanes of at least 4 members (excludes halogenated alkanes) is 3. The van der Waals surface area contributed by atoms with Crippen molar-refractivity contribution >= 4 is 17.9 Å². The Labute approximate surface area is 266 Å². The number of aromatic carboxylic acids is 2. The Hall–Kier alpha value is -4.53. The van der Waals surface area contributed by atoms with Gasteiger partial charge in [-0.1, -0.05) is 58.2 Å². The zero-order chi connectivity index (χ0) is 33.8. The highest BCUT2D eigenvalue weighted by molar-refractivity contribution is 5.92. The summed E-state index contributed by atoms with van der Waals surface area (Å²) in [6.07, 6.45) is 6.08. The van der Waals surface area contributed by atoms with Crippen LogP contribution in [0.2, 0.25) is 0 Å². The first-order valence-corrected chi connectivity index (χ1v) is 15.4. The average molecular weight is 625 g/mol. The van der Waals surface area contributed by atoms with E-state index in [4.69, 9.17) is 29.5 Å². The largest absolute Gasteiger partial charge is 0.508 e. The minimum Gasteiger partial charge on any atom is -0.508 e. The fraction of sp³-hybridized carbons (Fsp3) is 0.417. The van der Waals surface area contributed by atoms with E-state index in [0.717, 1.165) is 49.8 Å². The second-order valence-electron chi connectivity index (χ2n) is 10.3. The molecule has 0 fully saturated rings. The van der Waals surface area contributed by atoms with Gasteiger partial charge >= 0.3 is 17.9 Å². The monoisotopic (exact) mass is 624 g/mol. The van der Waals surface area contributed by atoms with Crippen LogP contribution in [0.5, 0.6) is 17.2 Å². The molecule has 0 atom stereocenters. The van der Waals surface area contributed by atoms with Gasteiger partial charge in [-0.2, -0.15) is 0 Å². The van der Waals surface area contributed by atoms with Crippen LogP contribution < -0.4 is 9.47 Å². The Balaban J connectivity index is 0.000000350. The standard InChI is InChI=1S/C16H24O3.C12H16O3.C8H8O3/c1-4-6-11-18-15-10-8-9-14(13(15)3)16(17)19-12-7-5-2;1-3-4-8-15-11-7-5-6-10(9(11)2)12(13)14;1-5-6(8(10)11)3-2-4-7(5)9/h8-10H,4-7,11-12H2,1-3H3;5-7H,3-4,8H2,1-2H3,(H,13,14);2-4,9H,1H3,(H,10,11). The predicted octanol–water partition coefficient (Wildman–Crippen LogP) is 8.40. The number of phenols is 1. The molecule has 0 aliphatic heterocycles. The first-order valence-electron chi connectivity index (χ1n) is 15.4. The third-order valence-electron chi connectivity index (χ3n) is 6.80. The number of phenolic OH excluding ortho intramolecular Hbond substituents is 1. The molecule has 0 bridgehead atoms. The maximum atomic E-state index is 11.9. The maximum Gasteiger partial charge on any atom is 0.338 e. The molecule has 9 heteroatoms. The molecule has 3 rings (SSSR count). The van der Waals surface area contributed by atoms with Crippen molar-refractivity contribution in [2.24, 2.45) is 0 Å². The normalized spacial score (nSPS) is 10.0. The fourth-order valence-electron chi connectivity index (χ4n) is 3.89. The van der Waals surface area contributed by atoms with Crippen LogP contribution in [0.15, 0.2) is 54.6 Å². The van der Waals surface area contributed by atoms with Crippen LogP contribution in [-0.4, -0.2) is 53.0 Å². The molecule has 3 N–H and O–H groups in total. The highest BCUT2D eigenvalue weighted by Crippen LogP contribution is 2.23. The van der Waals surface area contributed by atoms with Crippen LogP contribution in [0, 0.1) is 20.8 Å². The number of carbonyl (C=O) groups excluding carboxylic acids is 1. The van der Waals surface area contributed by atoms with Crippen molar-refractivity contribution in [3.05, 3.63) is 88.0 Å². The quantitative estimate of drug-likeness (QED) is 0.119. The van der Waals surface area contributed by atoms with Gasteiger partial charge in [0.15, 0.2) is 0 Å². The number of rotatable bonds is 14. The highest BCUT2D eigenvalue weighted by Gasteiger charge is 2.14. The van der Waals surface area contributed by atoms with Crippen LogP contribution in [0.4, 0.5) is 0 Å². The van der Waals surface area contributed by atoms with Crippen molar-refractivity contribution in [1.82, 2.24) is 0 Å². The maximum absolute atomic E-state index is 11.9. The smallest absolute Gasteiger partial charge is 0.338 e. The van der Waals surface area contributed by atoms with Crippen molar-refractivity contribution in [2.45, 2.75) is 80.1 Å². The summed E-state index contributed by atoms with van der Waals surface area (Å²) >= 11 is 0. The van der Waals surface area contributed by atoms with Gasteiger partial charge in [-0.05, 0) is 76.4 Å². The molecule has 0 aliphatic carbocycles. The van der Waals surface area contributed by atoms with Gasteiger partial charge in [-0.25, -0.2) is 14.4 Å². The lowest BCUT2D eigenvalue weighted by atomic mass is 10.1. The minimum atomic E-state index is -1.02. The van der Waals surface area contributed by atoms with Crippen LogP contribution in [0.1, 0.15) is 107 Å². The van der Waals surface area contributed by atoms with E-state index in [1.807, 2.05) is 19.1 Å². The molecule has 246 valence electrons. The number of carboxylic acids is 2. The van der Waals surface area contributed by atoms with Crippen molar-refractivity contribution in [3.8, 4) is 17.2 Å².